The Balaban J connectivity index is 1.85. The smallest absolute Gasteiger partial charge is 0.305 e. The molecule has 2 heterocycles. The van der Waals surface area contributed by atoms with Crippen molar-refractivity contribution in [2.75, 3.05) is 26.7 Å². The molecule has 2 nitrogen and oxygen atoms in total. The number of likely N-dealkylation sites (N-methyl/N-ethyl adjacent to an activating group) is 1. The number of halogens is 3. The lowest BCUT2D eigenvalue weighted by Gasteiger charge is -2.36. The summed E-state index contributed by atoms with van der Waals surface area (Å²) in [7, 11) is 1.97. The summed E-state index contributed by atoms with van der Waals surface area (Å²) in [5.74, 6) is 0.430. The van der Waals surface area contributed by atoms with Crippen LogP contribution in [0.3, 0.4) is 0 Å². The molecule has 1 saturated heterocycles. The quantitative estimate of drug-likeness (QED) is 0.918. The zero-order chi connectivity index (χ0) is 13.9. The normalized spacial score (nSPS) is 25.7. The monoisotopic (exact) mass is 292 g/mol. The first-order chi connectivity index (χ1) is 8.92. The molecule has 1 fully saturated rings. The lowest BCUT2D eigenvalue weighted by Crippen LogP contribution is -2.50. The van der Waals surface area contributed by atoms with Gasteiger partial charge in [-0.1, -0.05) is 0 Å². The Morgan fingerprint density at radius 1 is 1.42 bits per heavy atom. The van der Waals surface area contributed by atoms with Gasteiger partial charge in [-0.3, -0.25) is 0 Å². The highest BCUT2D eigenvalue weighted by molar-refractivity contribution is 7.07. The topological polar surface area (TPSA) is 15.3 Å². The fraction of sp³-hybridized carbons (Fsp3) is 0.692. The third kappa shape index (κ3) is 5.12. The van der Waals surface area contributed by atoms with Gasteiger partial charge in [0.05, 0.1) is 6.54 Å². The van der Waals surface area contributed by atoms with Gasteiger partial charge in [-0.2, -0.15) is 24.5 Å². The maximum atomic E-state index is 12.2. The fourth-order valence-electron chi connectivity index (χ4n) is 2.74. The lowest BCUT2D eigenvalue weighted by atomic mass is 9.90. The van der Waals surface area contributed by atoms with Gasteiger partial charge in [0.25, 0.3) is 0 Å². The summed E-state index contributed by atoms with van der Waals surface area (Å²) >= 11 is 1.67. The number of hydrogen-bond donors (Lipinski definition) is 1. The highest BCUT2D eigenvalue weighted by Gasteiger charge is 2.31. The number of hydrogen-bond acceptors (Lipinski definition) is 3. The van der Waals surface area contributed by atoms with Crippen LogP contribution in [0.2, 0.25) is 0 Å². The molecule has 0 bridgehead atoms. The Morgan fingerprint density at radius 3 is 2.84 bits per heavy atom. The van der Waals surface area contributed by atoms with E-state index in [0.717, 1.165) is 19.4 Å². The summed E-state index contributed by atoms with van der Waals surface area (Å²) in [4.78, 5) is 2.12. The number of nitrogens with zero attached hydrogens (tertiary/aromatic N) is 1. The van der Waals surface area contributed by atoms with Crippen LogP contribution < -0.4 is 5.32 Å². The van der Waals surface area contributed by atoms with E-state index in [9.17, 15) is 13.2 Å². The summed E-state index contributed by atoms with van der Waals surface area (Å²) < 4.78 is 36.7. The van der Waals surface area contributed by atoms with Gasteiger partial charge in [0.15, 0.2) is 0 Å². The molecule has 6 heteroatoms. The predicted octanol–water partition coefficient (Wildman–Crippen LogP) is 2.76. The summed E-state index contributed by atoms with van der Waals surface area (Å²) in [6.45, 7) is 0.757. The minimum atomic E-state index is -4.13. The second kappa shape index (κ2) is 6.24. The molecule has 1 N–H and O–H groups in total. The first-order valence-electron chi connectivity index (χ1n) is 6.42. The van der Waals surface area contributed by atoms with E-state index in [1.54, 1.807) is 11.3 Å². The Kier molecular flexibility index (Phi) is 4.86. The van der Waals surface area contributed by atoms with Gasteiger partial charge in [-0.25, -0.2) is 0 Å². The molecule has 0 spiro atoms. The predicted molar refractivity (Wildman–Crippen MR) is 71.5 cm³/mol. The Hall–Kier alpha value is -0.590. The van der Waals surface area contributed by atoms with Gasteiger partial charge in [0.2, 0.25) is 0 Å². The summed E-state index contributed by atoms with van der Waals surface area (Å²) in [6.07, 6.45) is -2.35. The third-order valence-electron chi connectivity index (χ3n) is 3.42. The molecule has 1 aliphatic rings. The number of alkyl halides is 3. The van der Waals surface area contributed by atoms with Gasteiger partial charge in [-0.15, -0.1) is 0 Å². The number of nitrogens with one attached hydrogen (secondary N) is 1. The molecule has 1 aromatic rings. The van der Waals surface area contributed by atoms with Crippen LogP contribution in [0.5, 0.6) is 0 Å². The van der Waals surface area contributed by atoms with Crippen LogP contribution in [0.25, 0.3) is 0 Å². The van der Waals surface area contributed by atoms with E-state index in [1.807, 2.05) is 12.4 Å². The van der Waals surface area contributed by atoms with Crippen molar-refractivity contribution in [3.8, 4) is 0 Å². The largest absolute Gasteiger partial charge is 0.401 e. The van der Waals surface area contributed by atoms with Crippen molar-refractivity contribution >= 4 is 11.3 Å². The number of rotatable bonds is 4. The highest BCUT2D eigenvalue weighted by atomic mass is 32.1. The Labute approximate surface area is 115 Å². The maximum absolute atomic E-state index is 12.2. The number of piperidine rings is 1. The molecular weight excluding hydrogens is 273 g/mol. The lowest BCUT2D eigenvalue weighted by molar-refractivity contribution is -0.127. The van der Waals surface area contributed by atoms with Crippen LogP contribution in [0.4, 0.5) is 13.2 Å². The molecule has 1 aliphatic heterocycles. The molecule has 0 amide bonds. The van der Waals surface area contributed by atoms with Crippen LogP contribution in [-0.2, 0) is 6.42 Å². The second-order valence-electron chi connectivity index (χ2n) is 5.35. The van der Waals surface area contributed by atoms with Crippen LogP contribution in [0.15, 0.2) is 16.8 Å². The van der Waals surface area contributed by atoms with E-state index in [0.29, 0.717) is 12.5 Å². The molecular formula is C13H19F3N2S. The van der Waals surface area contributed by atoms with Gasteiger partial charge >= 0.3 is 6.18 Å². The molecule has 0 saturated carbocycles. The van der Waals surface area contributed by atoms with Crippen LogP contribution in [0, 0.1) is 5.92 Å². The van der Waals surface area contributed by atoms with Crippen LogP contribution in [0.1, 0.15) is 12.0 Å². The first-order valence-corrected chi connectivity index (χ1v) is 7.36. The minimum Gasteiger partial charge on any atom is -0.305 e. The Morgan fingerprint density at radius 2 is 2.21 bits per heavy atom. The summed E-state index contributed by atoms with van der Waals surface area (Å²) in [5, 5.41) is 6.80. The molecule has 2 atom stereocenters. The zero-order valence-corrected chi connectivity index (χ0v) is 11.7. The van der Waals surface area contributed by atoms with E-state index in [4.69, 9.17) is 0 Å². The number of likely N-dealkylation sites (tertiary alicyclic amines) is 1. The van der Waals surface area contributed by atoms with Crippen molar-refractivity contribution in [3.63, 3.8) is 0 Å². The van der Waals surface area contributed by atoms with E-state index in [2.05, 4.69) is 21.7 Å². The fourth-order valence-corrected chi connectivity index (χ4v) is 3.42. The molecule has 0 aliphatic carbocycles. The maximum Gasteiger partial charge on any atom is 0.401 e. The van der Waals surface area contributed by atoms with E-state index < -0.39 is 12.7 Å². The van der Waals surface area contributed by atoms with Gasteiger partial charge in [-0.05, 0) is 48.2 Å². The summed E-state index contributed by atoms with van der Waals surface area (Å²) in [6, 6.07) is 2.03. The molecule has 0 aromatic carbocycles. The zero-order valence-electron chi connectivity index (χ0n) is 10.9. The average Bonchev–Trinajstić information content (AvgIpc) is 2.77. The van der Waals surface area contributed by atoms with Crippen molar-refractivity contribution in [1.29, 1.82) is 0 Å². The number of thiophene rings is 1. The molecule has 2 rings (SSSR count). The highest BCUT2D eigenvalue weighted by Crippen LogP contribution is 2.22. The van der Waals surface area contributed by atoms with Crippen molar-refractivity contribution in [3.05, 3.63) is 22.4 Å². The van der Waals surface area contributed by atoms with Crippen molar-refractivity contribution in [1.82, 2.24) is 10.2 Å². The first kappa shape index (κ1) is 14.8. The molecule has 108 valence electrons. The van der Waals surface area contributed by atoms with E-state index >= 15 is 0 Å². The molecule has 19 heavy (non-hydrogen) atoms. The van der Waals surface area contributed by atoms with E-state index in [1.165, 1.54) is 5.56 Å². The van der Waals surface area contributed by atoms with Gasteiger partial charge < -0.3 is 10.2 Å². The van der Waals surface area contributed by atoms with Gasteiger partial charge in [0.1, 0.15) is 0 Å². The SMILES string of the molecule is CN1CC(Cc2ccsc2)CC(NCC(F)(F)F)C1. The molecule has 2 unspecified atom stereocenters. The molecule has 0 radical (unpaired) electrons. The van der Waals surface area contributed by atoms with E-state index in [-0.39, 0.29) is 6.04 Å². The average molecular weight is 292 g/mol. The minimum absolute atomic E-state index is 0.0657. The van der Waals surface area contributed by atoms with Crippen LogP contribution >= 0.6 is 11.3 Å². The molecule has 1 aromatic heterocycles. The van der Waals surface area contributed by atoms with Crippen molar-refractivity contribution < 1.29 is 13.2 Å². The van der Waals surface area contributed by atoms with Crippen LogP contribution in [-0.4, -0.2) is 43.8 Å². The third-order valence-corrected chi connectivity index (χ3v) is 4.15. The van der Waals surface area contributed by atoms with Gasteiger partial charge in [0, 0.05) is 19.1 Å². The standard InChI is InChI=1S/C13H19F3N2S/c1-18-6-11(4-10-2-3-19-8-10)5-12(7-18)17-9-13(14,15)16/h2-3,8,11-12,17H,4-7,9H2,1H3. The second-order valence-corrected chi connectivity index (χ2v) is 6.13. The van der Waals surface area contributed by atoms with Crippen molar-refractivity contribution in [2.24, 2.45) is 5.92 Å². The van der Waals surface area contributed by atoms with Crippen molar-refractivity contribution in [2.45, 2.75) is 25.1 Å². The summed E-state index contributed by atoms with van der Waals surface area (Å²) in [5.41, 5.74) is 1.29. The Bertz CT molecular complexity index is 378.